The Hall–Kier alpha value is -1.12. The minimum Gasteiger partial charge on any atom is -0.463 e. The van der Waals surface area contributed by atoms with E-state index < -0.39 is 0 Å². The largest absolute Gasteiger partial charge is 0.463 e. The summed E-state index contributed by atoms with van der Waals surface area (Å²) in [4.78, 5) is 21.8. The summed E-state index contributed by atoms with van der Waals surface area (Å²) in [6, 6.07) is 0. The van der Waals surface area contributed by atoms with Crippen LogP contribution < -0.4 is 0 Å². The van der Waals surface area contributed by atoms with Gasteiger partial charge in [-0.2, -0.15) is 0 Å². The highest BCUT2D eigenvalue weighted by molar-refractivity contribution is 5.83. The molecule has 0 amide bonds. The molecule has 0 heterocycles. The normalized spacial score (nSPS) is 22.5. The molecule has 1 saturated carbocycles. The molecule has 1 aliphatic rings. The summed E-state index contributed by atoms with van der Waals surface area (Å²) in [7, 11) is 0. The molecule has 0 spiro atoms. The molecule has 0 bridgehead atoms. The van der Waals surface area contributed by atoms with E-state index in [1.807, 2.05) is 0 Å². The third-order valence-electron chi connectivity index (χ3n) is 2.07. The summed E-state index contributed by atoms with van der Waals surface area (Å²) < 4.78 is 4.72. The highest BCUT2D eigenvalue weighted by Gasteiger charge is 2.19. The van der Waals surface area contributed by atoms with Crippen LogP contribution in [0.2, 0.25) is 0 Å². The van der Waals surface area contributed by atoms with Crippen molar-refractivity contribution in [1.29, 1.82) is 0 Å². The van der Waals surface area contributed by atoms with Crippen molar-refractivity contribution in [1.82, 2.24) is 0 Å². The average molecular weight is 182 g/mol. The van der Waals surface area contributed by atoms with Crippen LogP contribution in [0.4, 0.5) is 0 Å². The lowest BCUT2D eigenvalue weighted by molar-refractivity contribution is -0.137. The summed E-state index contributed by atoms with van der Waals surface area (Å²) in [6.45, 7) is 2.16. The number of hydrogen-bond donors (Lipinski definition) is 0. The maximum absolute atomic E-state index is 10.9. The van der Waals surface area contributed by atoms with Crippen LogP contribution in [0.3, 0.4) is 0 Å². The molecule has 1 unspecified atom stereocenters. The lowest BCUT2D eigenvalue weighted by Crippen LogP contribution is -2.00. The number of rotatable bonds is 3. The lowest BCUT2D eigenvalue weighted by atomic mass is 10.1. The average Bonchev–Trinajstić information content (AvgIpc) is 2.49. The standard InChI is InChI=1S/C10H14O3/c1-2-13-10(12)6-4-8-3-5-9(11)7-8/h4,6,8H,2-3,5,7H2,1H3. The second-order valence-corrected chi connectivity index (χ2v) is 3.15. The second kappa shape index (κ2) is 4.80. The van der Waals surface area contributed by atoms with Crippen molar-refractivity contribution >= 4 is 11.8 Å². The fourth-order valence-corrected chi connectivity index (χ4v) is 1.41. The Labute approximate surface area is 77.8 Å². The summed E-state index contributed by atoms with van der Waals surface area (Å²) in [6.07, 6.45) is 5.30. The molecule has 0 aromatic heterocycles. The van der Waals surface area contributed by atoms with Crippen molar-refractivity contribution in [2.75, 3.05) is 6.61 Å². The van der Waals surface area contributed by atoms with Gasteiger partial charge in [0.15, 0.2) is 0 Å². The molecule has 3 nitrogen and oxygen atoms in total. The highest BCUT2D eigenvalue weighted by atomic mass is 16.5. The second-order valence-electron chi connectivity index (χ2n) is 3.15. The Bertz CT molecular complexity index is 230. The van der Waals surface area contributed by atoms with Gasteiger partial charge in [-0.25, -0.2) is 4.79 Å². The van der Waals surface area contributed by atoms with Crippen molar-refractivity contribution in [3.05, 3.63) is 12.2 Å². The SMILES string of the molecule is CCOC(=O)C=CC1CCC(=O)C1. The summed E-state index contributed by atoms with van der Waals surface area (Å²) >= 11 is 0. The number of hydrogen-bond acceptors (Lipinski definition) is 3. The maximum atomic E-state index is 10.9. The molecule has 0 saturated heterocycles. The van der Waals surface area contributed by atoms with E-state index >= 15 is 0 Å². The van der Waals surface area contributed by atoms with Crippen molar-refractivity contribution in [2.45, 2.75) is 26.2 Å². The van der Waals surface area contributed by atoms with E-state index in [9.17, 15) is 9.59 Å². The Morgan fingerprint density at radius 3 is 3.00 bits per heavy atom. The molecule has 3 heteroatoms. The smallest absolute Gasteiger partial charge is 0.330 e. The quantitative estimate of drug-likeness (QED) is 0.490. The number of esters is 1. The topological polar surface area (TPSA) is 43.4 Å². The van der Waals surface area contributed by atoms with Crippen molar-refractivity contribution in [3.8, 4) is 0 Å². The number of ketones is 1. The van der Waals surface area contributed by atoms with Gasteiger partial charge in [0.2, 0.25) is 0 Å². The van der Waals surface area contributed by atoms with Gasteiger partial charge in [0.1, 0.15) is 5.78 Å². The lowest BCUT2D eigenvalue weighted by Gasteiger charge is -1.98. The van der Waals surface area contributed by atoms with E-state index in [1.165, 1.54) is 6.08 Å². The van der Waals surface area contributed by atoms with E-state index in [4.69, 9.17) is 4.74 Å². The van der Waals surface area contributed by atoms with Gasteiger partial charge >= 0.3 is 5.97 Å². The minimum atomic E-state index is -0.318. The summed E-state index contributed by atoms with van der Waals surface area (Å²) in [5.74, 6) is 0.220. The van der Waals surface area contributed by atoms with Crippen molar-refractivity contribution < 1.29 is 14.3 Å². The van der Waals surface area contributed by atoms with Gasteiger partial charge < -0.3 is 4.74 Å². The molecule has 0 aliphatic heterocycles. The fourth-order valence-electron chi connectivity index (χ4n) is 1.41. The van der Waals surface area contributed by atoms with Crippen LogP contribution in [0.15, 0.2) is 12.2 Å². The Morgan fingerprint density at radius 1 is 1.69 bits per heavy atom. The van der Waals surface area contributed by atoms with Crippen molar-refractivity contribution in [3.63, 3.8) is 0 Å². The van der Waals surface area contributed by atoms with E-state index in [0.717, 1.165) is 6.42 Å². The Kier molecular flexibility index (Phi) is 3.68. The van der Waals surface area contributed by atoms with Crippen LogP contribution in [0.25, 0.3) is 0 Å². The van der Waals surface area contributed by atoms with Gasteiger partial charge in [0, 0.05) is 18.9 Å². The van der Waals surface area contributed by atoms with Crippen LogP contribution in [0.5, 0.6) is 0 Å². The third kappa shape index (κ3) is 3.40. The number of Topliss-reactive ketones (excluding diaryl/α,β-unsaturated/α-hetero) is 1. The van der Waals surface area contributed by atoms with E-state index in [-0.39, 0.29) is 11.9 Å². The van der Waals surface area contributed by atoms with Gasteiger partial charge in [-0.3, -0.25) is 4.79 Å². The zero-order valence-corrected chi connectivity index (χ0v) is 7.79. The molecule has 13 heavy (non-hydrogen) atoms. The molecule has 72 valence electrons. The van der Waals surface area contributed by atoms with Crippen molar-refractivity contribution in [2.24, 2.45) is 5.92 Å². The van der Waals surface area contributed by atoms with Gasteiger partial charge in [-0.05, 0) is 19.3 Å². The number of carbonyl (C=O) groups is 2. The van der Waals surface area contributed by atoms with Gasteiger partial charge in [-0.15, -0.1) is 0 Å². The first kappa shape index (κ1) is 9.96. The molecule has 0 radical (unpaired) electrons. The molecule has 0 aromatic rings. The third-order valence-corrected chi connectivity index (χ3v) is 2.07. The molecule has 1 atom stereocenters. The first-order valence-electron chi connectivity index (χ1n) is 4.59. The van der Waals surface area contributed by atoms with Gasteiger partial charge in [0.25, 0.3) is 0 Å². The molecule has 0 N–H and O–H groups in total. The monoisotopic (exact) mass is 182 g/mol. The molecule has 1 rings (SSSR count). The number of allylic oxidation sites excluding steroid dienone is 1. The molecule has 0 aromatic carbocycles. The highest BCUT2D eigenvalue weighted by Crippen LogP contribution is 2.22. The van der Waals surface area contributed by atoms with Crippen LogP contribution in [0.1, 0.15) is 26.2 Å². The first-order valence-corrected chi connectivity index (χ1v) is 4.59. The predicted octanol–water partition coefficient (Wildman–Crippen LogP) is 1.47. The van der Waals surface area contributed by atoms with Crippen LogP contribution >= 0.6 is 0 Å². The van der Waals surface area contributed by atoms with Gasteiger partial charge in [-0.1, -0.05) is 6.08 Å². The van der Waals surface area contributed by atoms with Crippen LogP contribution in [-0.4, -0.2) is 18.4 Å². The summed E-state index contributed by atoms with van der Waals surface area (Å²) in [5.41, 5.74) is 0. The number of ether oxygens (including phenoxy) is 1. The zero-order chi connectivity index (χ0) is 9.68. The maximum Gasteiger partial charge on any atom is 0.330 e. The van der Waals surface area contributed by atoms with Crippen LogP contribution in [-0.2, 0) is 14.3 Å². The van der Waals surface area contributed by atoms with E-state index in [1.54, 1.807) is 13.0 Å². The van der Waals surface area contributed by atoms with E-state index in [2.05, 4.69) is 0 Å². The fraction of sp³-hybridized carbons (Fsp3) is 0.600. The van der Waals surface area contributed by atoms with Gasteiger partial charge in [0.05, 0.1) is 6.61 Å². The van der Waals surface area contributed by atoms with Crippen LogP contribution in [0, 0.1) is 5.92 Å². The Balaban J connectivity index is 2.31. The van der Waals surface area contributed by atoms with E-state index in [0.29, 0.717) is 25.2 Å². The number of carbonyl (C=O) groups excluding carboxylic acids is 2. The predicted molar refractivity (Wildman–Crippen MR) is 48.1 cm³/mol. The first-order chi connectivity index (χ1) is 6.22. The molecule has 1 aliphatic carbocycles. The molecule has 1 fully saturated rings. The Morgan fingerprint density at radius 2 is 2.46 bits per heavy atom. The zero-order valence-electron chi connectivity index (χ0n) is 7.79. The minimum absolute atomic E-state index is 0.247. The summed E-state index contributed by atoms with van der Waals surface area (Å²) in [5, 5.41) is 0. The molecular formula is C10H14O3. The molecular weight excluding hydrogens is 168 g/mol.